The minimum atomic E-state index is 0.126. The Kier molecular flexibility index (Phi) is 4.85. The van der Waals surface area contributed by atoms with Gasteiger partial charge in [0.1, 0.15) is 5.82 Å². The van der Waals surface area contributed by atoms with E-state index >= 15 is 0 Å². The van der Waals surface area contributed by atoms with Gasteiger partial charge in [0.25, 0.3) is 5.91 Å². The molecule has 1 aromatic heterocycles. The van der Waals surface area contributed by atoms with Gasteiger partial charge in [-0.05, 0) is 37.4 Å². The Morgan fingerprint density at radius 1 is 1.09 bits per heavy atom. The van der Waals surface area contributed by atoms with E-state index in [1.54, 1.807) is 6.20 Å². The lowest BCUT2D eigenvalue weighted by atomic mass is 9.91. The third-order valence-electron chi connectivity index (χ3n) is 4.98. The number of pyridine rings is 1. The second-order valence-corrected chi connectivity index (χ2v) is 7.35. The second kappa shape index (κ2) is 6.87. The molecule has 0 bridgehead atoms. The van der Waals surface area contributed by atoms with Crippen LogP contribution < -0.4 is 4.90 Å². The van der Waals surface area contributed by atoms with Gasteiger partial charge in [-0.25, -0.2) is 4.98 Å². The first kappa shape index (κ1) is 16.2. The first-order valence-electron chi connectivity index (χ1n) is 8.71. The highest BCUT2D eigenvalue weighted by molar-refractivity contribution is 5.94. The molecule has 0 saturated carbocycles. The predicted octanol–water partition coefficient (Wildman–Crippen LogP) is 1.95. The largest absolute Gasteiger partial charge is 0.354 e. The second-order valence-electron chi connectivity index (χ2n) is 7.35. The van der Waals surface area contributed by atoms with Crippen LogP contribution in [0.1, 0.15) is 30.6 Å². The zero-order valence-electron chi connectivity index (χ0n) is 14.5. The molecular formula is C18H28N4O. The number of likely N-dealkylation sites (N-methyl/N-ethyl adjacent to an activating group) is 1. The van der Waals surface area contributed by atoms with E-state index in [-0.39, 0.29) is 5.91 Å². The molecule has 2 fully saturated rings. The molecule has 1 amide bonds. The number of likely N-dealkylation sites (tertiary alicyclic amines) is 1. The summed E-state index contributed by atoms with van der Waals surface area (Å²) in [5.74, 6) is 2.27. The van der Waals surface area contributed by atoms with E-state index in [2.05, 4.69) is 35.7 Å². The summed E-state index contributed by atoms with van der Waals surface area (Å²) in [6, 6.07) is 3.93. The Morgan fingerprint density at radius 3 is 2.30 bits per heavy atom. The van der Waals surface area contributed by atoms with Crippen LogP contribution in [0.2, 0.25) is 0 Å². The molecule has 5 nitrogen and oxygen atoms in total. The van der Waals surface area contributed by atoms with Crippen molar-refractivity contribution in [3.63, 3.8) is 0 Å². The highest BCUT2D eigenvalue weighted by Gasteiger charge is 2.26. The average Bonchev–Trinajstić information content (AvgIpc) is 2.54. The number of carbonyl (C=O) groups is 1. The van der Waals surface area contributed by atoms with E-state index < -0.39 is 0 Å². The molecule has 3 heterocycles. The number of piperidine rings is 1. The van der Waals surface area contributed by atoms with Crippen molar-refractivity contribution < 1.29 is 4.79 Å². The van der Waals surface area contributed by atoms with Crippen LogP contribution in [0.4, 0.5) is 5.82 Å². The quantitative estimate of drug-likeness (QED) is 0.836. The topological polar surface area (TPSA) is 39.7 Å². The van der Waals surface area contributed by atoms with Crippen molar-refractivity contribution in [3.05, 3.63) is 23.9 Å². The molecule has 0 aliphatic carbocycles. The summed E-state index contributed by atoms with van der Waals surface area (Å²) in [4.78, 5) is 23.8. The van der Waals surface area contributed by atoms with E-state index in [0.29, 0.717) is 17.4 Å². The number of piperazine rings is 1. The lowest BCUT2D eigenvalue weighted by molar-refractivity contribution is 0.0622. The Labute approximate surface area is 139 Å². The van der Waals surface area contributed by atoms with Crippen LogP contribution >= 0.6 is 0 Å². The van der Waals surface area contributed by atoms with Gasteiger partial charge in [0.2, 0.25) is 0 Å². The fourth-order valence-corrected chi connectivity index (χ4v) is 3.75. The number of hydrogen-bond acceptors (Lipinski definition) is 4. The maximum absolute atomic E-state index is 12.7. The number of aromatic nitrogens is 1. The Hall–Kier alpha value is -1.62. The molecular weight excluding hydrogens is 288 g/mol. The molecule has 0 aromatic carbocycles. The predicted molar refractivity (Wildman–Crippen MR) is 92.8 cm³/mol. The first-order valence-corrected chi connectivity index (χ1v) is 8.71. The Morgan fingerprint density at radius 2 is 1.74 bits per heavy atom. The molecule has 2 saturated heterocycles. The van der Waals surface area contributed by atoms with Gasteiger partial charge in [-0.2, -0.15) is 0 Å². The van der Waals surface area contributed by atoms with Crippen molar-refractivity contribution in [1.82, 2.24) is 14.8 Å². The maximum atomic E-state index is 12.7. The minimum Gasteiger partial charge on any atom is -0.354 e. The first-order chi connectivity index (χ1) is 11.0. The smallest absolute Gasteiger partial charge is 0.255 e. The van der Waals surface area contributed by atoms with Gasteiger partial charge < -0.3 is 14.7 Å². The lowest BCUT2D eigenvalue weighted by Crippen LogP contribution is -2.45. The van der Waals surface area contributed by atoms with Gasteiger partial charge in [-0.1, -0.05) is 13.8 Å². The van der Waals surface area contributed by atoms with Gasteiger partial charge in [-0.3, -0.25) is 4.79 Å². The molecule has 0 N–H and O–H groups in total. The number of amides is 1. The van der Waals surface area contributed by atoms with Gasteiger partial charge in [0.05, 0.1) is 5.56 Å². The van der Waals surface area contributed by atoms with Gasteiger partial charge in [0.15, 0.2) is 0 Å². The van der Waals surface area contributed by atoms with Crippen LogP contribution in [0, 0.1) is 11.8 Å². The van der Waals surface area contributed by atoms with Crippen LogP contribution in [-0.4, -0.2) is 67.0 Å². The number of carbonyl (C=O) groups excluding carboxylic acids is 1. The highest BCUT2D eigenvalue weighted by Crippen LogP contribution is 2.23. The summed E-state index contributed by atoms with van der Waals surface area (Å²) in [5, 5.41) is 0. The van der Waals surface area contributed by atoms with Crippen molar-refractivity contribution in [2.75, 3.05) is 51.2 Å². The van der Waals surface area contributed by atoms with Gasteiger partial charge in [0, 0.05) is 45.5 Å². The lowest BCUT2D eigenvalue weighted by Gasteiger charge is -2.35. The third kappa shape index (κ3) is 3.83. The van der Waals surface area contributed by atoms with E-state index in [4.69, 9.17) is 0 Å². The van der Waals surface area contributed by atoms with Gasteiger partial charge >= 0.3 is 0 Å². The molecule has 2 unspecified atom stereocenters. The molecule has 23 heavy (non-hydrogen) atoms. The van der Waals surface area contributed by atoms with E-state index in [1.165, 1.54) is 6.42 Å². The summed E-state index contributed by atoms with van der Waals surface area (Å²) in [7, 11) is 2.15. The molecule has 126 valence electrons. The number of nitrogens with zero attached hydrogens (tertiary/aromatic N) is 4. The zero-order chi connectivity index (χ0) is 16.4. The van der Waals surface area contributed by atoms with Crippen LogP contribution in [-0.2, 0) is 0 Å². The molecule has 0 spiro atoms. The molecule has 3 rings (SSSR count). The summed E-state index contributed by atoms with van der Waals surface area (Å²) in [6.07, 6.45) is 2.96. The SMILES string of the molecule is CC1CC(C)CN(C(=O)c2ccc(N3CCN(C)CC3)nc2)C1. The van der Waals surface area contributed by atoms with Crippen molar-refractivity contribution in [1.29, 1.82) is 0 Å². The van der Waals surface area contributed by atoms with Crippen LogP contribution in [0.15, 0.2) is 18.3 Å². The maximum Gasteiger partial charge on any atom is 0.255 e. The molecule has 1 aromatic rings. The Bertz CT molecular complexity index is 526. The van der Waals surface area contributed by atoms with Crippen molar-refractivity contribution >= 4 is 11.7 Å². The van der Waals surface area contributed by atoms with Crippen LogP contribution in [0.5, 0.6) is 0 Å². The van der Waals surface area contributed by atoms with E-state index in [0.717, 1.165) is 45.1 Å². The third-order valence-corrected chi connectivity index (χ3v) is 4.98. The summed E-state index contributed by atoms with van der Waals surface area (Å²) in [5.41, 5.74) is 0.712. The Balaban J connectivity index is 1.65. The van der Waals surface area contributed by atoms with Gasteiger partial charge in [-0.15, -0.1) is 0 Å². The van der Waals surface area contributed by atoms with Crippen LogP contribution in [0.25, 0.3) is 0 Å². The monoisotopic (exact) mass is 316 g/mol. The van der Waals surface area contributed by atoms with Crippen LogP contribution in [0.3, 0.4) is 0 Å². The number of anilines is 1. The molecule has 2 aliphatic heterocycles. The fourth-order valence-electron chi connectivity index (χ4n) is 3.75. The summed E-state index contributed by atoms with van der Waals surface area (Å²) >= 11 is 0. The average molecular weight is 316 g/mol. The summed E-state index contributed by atoms with van der Waals surface area (Å²) < 4.78 is 0. The van der Waals surface area contributed by atoms with E-state index in [1.807, 2.05) is 17.0 Å². The van der Waals surface area contributed by atoms with Crippen molar-refractivity contribution in [3.8, 4) is 0 Å². The van der Waals surface area contributed by atoms with E-state index in [9.17, 15) is 4.79 Å². The minimum absolute atomic E-state index is 0.126. The zero-order valence-corrected chi connectivity index (χ0v) is 14.5. The summed E-state index contributed by atoms with van der Waals surface area (Å²) in [6.45, 7) is 10.3. The molecule has 5 heteroatoms. The highest BCUT2D eigenvalue weighted by atomic mass is 16.2. The molecule has 2 aliphatic rings. The standard InChI is InChI=1S/C18H28N4O/c1-14-10-15(2)13-22(12-14)18(23)16-4-5-17(19-11-16)21-8-6-20(3)7-9-21/h4-5,11,14-15H,6-10,12-13H2,1-3H3. The van der Waals surface area contributed by atoms with Crippen molar-refractivity contribution in [2.45, 2.75) is 20.3 Å². The normalized spacial score (nSPS) is 26.4. The van der Waals surface area contributed by atoms with Crippen molar-refractivity contribution in [2.24, 2.45) is 11.8 Å². The fraction of sp³-hybridized carbons (Fsp3) is 0.667. The molecule has 2 atom stereocenters. The number of hydrogen-bond donors (Lipinski definition) is 0. The molecule has 0 radical (unpaired) electrons. The number of rotatable bonds is 2.